The van der Waals surface area contributed by atoms with Crippen LogP contribution < -0.4 is 4.90 Å². The van der Waals surface area contributed by atoms with Gasteiger partial charge in [0.05, 0.1) is 0 Å². The van der Waals surface area contributed by atoms with Crippen LogP contribution in [0.5, 0.6) is 0 Å². The summed E-state index contributed by atoms with van der Waals surface area (Å²) in [5, 5.41) is 0. The van der Waals surface area contributed by atoms with Crippen LogP contribution in [-0.2, 0) is 0 Å². The topological polar surface area (TPSA) is 38.7 Å². The molecule has 3 heterocycles. The van der Waals surface area contributed by atoms with E-state index in [1.165, 1.54) is 39.3 Å². The number of aromatic nitrogens is 2. The van der Waals surface area contributed by atoms with E-state index in [1.54, 1.807) is 0 Å². The Bertz CT molecular complexity index is 409. The van der Waals surface area contributed by atoms with E-state index in [0.717, 1.165) is 32.1 Å². The van der Waals surface area contributed by atoms with Crippen LogP contribution in [0.4, 0.5) is 5.95 Å². The molecule has 0 atom stereocenters. The second-order valence-electron chi connectivity index (χ2n) is 6.02. The van der Waals surface area contributed by atoms with Crippen LogP contribution in [0.25, 0.3) is 0 Å². The third kappa shape index (κ3) is 4.12. The first kappa shape index (κ1) is 14.7. The lowest BCUT2D eigenvalue weighted by molar-refractivity contribution is 0.133. The average molecular weight is 290 g/mol. The summed E-state index contributed by atoms with van der Waals surface area (Å²) in [5.41, 5.74) is 0. The van der Waals surface area contributed by atoms with Gasteiger partial charge in [-0.25, -0.2) is 9.97 Å². The molecule has 2 aliphatic rings. The van der Waals surface area contributed by atoms with E-state index < -0.39 is 0 Å². The van der Waals surface area contributed by atoms with Gasteiger partial charge in [0.1, 0.15) is 0 Å². The Kier molecular flexibility index (Phi) is 5.00. The van der Waals surface area contributed by atoms with Gasteiger partial charge in [-0.3, -0.25) is 9.80 Å². The molecule has 21 heavy (non-hydrogen) atoms. The van der Waals surface area contributed by atoms with Crippen molar-refractivity contribution in [1.82, 2.24) is 24.7 Å². The maximum Gasteiger partial charge on any atom is 0.225 e. The van der Waals surface area contributed by atoms with Crippen molar-refractivity contribution in [2.24, 2.45) is 0 Å². The first-order valence-electron chi connectivity index (χ1n) is 7.96. The molecule has 1 aromatic rings. The molecule has 0 radical (unpaired) electrons. The molecule has 0 aromatic carbocycles. The summed E-state index contributed by atoms with van der Waals surface area (Å²) in [7, 11) is 2.21. The maximum absolute atomic E-state index is 4.34. The van der Waals surface area contributed by atoms with E-state index in [4.69, 9.17) is 0 Å². The number of hydrogen-bond acceptors (Lipinski definition) is 6. The summed E-state index contributed by atoms with van der Waals surface area (Å²) in [6.07, 6.45) is 3.64. The van der Waals surface area contributed by atoms with Gasteiger partial charge in [0.2, 0.25) is 5.95 Å². The summed E-state index contributed by atoms with van der Waals surface area (Å²) in [6, 6.07) is 1.87. The highest BCUT2D eigenvalue weighted by Gasteiger charge is 2.20. The van der Waals surface area contributed by atoms with Crippen LogP contribution in [0.1, 0.15) is 0 Å². The molecule has 6 nitrogen and oxygen atoms in total. The molecule has 3 rings (SSSR count). The Morgan fingerprint density at radius 1 is 0.810 bits per heavy atom. The number of piperazine rings is 2. The largest absolute Gasteiger partial charge is 0.338 e. The second kappa shape index (κ2) is 7.15. The molecular formula is C15H26N6. The van der Waals surface area contributed by atoms with Gasteiger partial charge in [-0.15, -0.1) is 0 Å². The molecule has 0 spiro atoms. The minimum Gasteiger partial charge on any atom is -0.338 e. The zero-order valence-corrected chi connectivity index (χ0v) is 13.0. The standard InChI is InChI=1S/C15H26N6/c1-18-5-7-19(8-6-18)9-10-20-11-13-21(14-12-20)15-16-3-2-4-17-15/h2-4H,5-14H2,1H3. The highest BCUT2D eigenvalue weighted by atomic mass is 15.3. The van der Waals surface area contributed by atoms with Crippen LogP contribution in [0, 0.1) is 0 Å². The Morgan fingerprint density at radius 3 is 1.90 bits per heavy atom. The highest BCUT2D eigenvalue weighted by molar-refractivity contribution is 5.29. The molecule has 116 valence electrons. The van der Waals surface area contributed by atoms with Crippen LogP contribution in [0.3, 0.4) is 0 Å². The van der Waals surface area contributed by atoms with Crippen LogP contribution in [0.2, 0.25) is 0 Å². The van der Waals surface area contributed by atoms with Crippen molar-refractivity contribution in [3.8, 4) is 0 Å². The van der Waals surface area contributed by atoms with Crippen molar-refractivity contribution in [3.63, 3.8) is 0 Å². The minimum absolute atomic E-state index is 0.871. The molecule has 0 N–H and O–H groups in total. The molecule has 0 bridgehead atoms. The lowest BCUT2D eigenvalue weighted by Crippen LogP contribution is -2.51. The van der Waals surface area contributed by atoms with Gasteiger partial charge < -0.3 is 9.80 Å². The second-order valence-corrected chi connectivity index (χ2v) is 6.02. The van der Waals surface area contributed by atoms with E-state index in [-0.39, 0.29) is 0 Å². The van der Waals surface area contributed by atoms with Gasteiger partial charge in [-0.05, 0) is 13.1 Å². The predicted octanol–water partition coefficient (Wildman–Crippen LogP) is -0.154. The quantitative estimate of drug-likeness (QED) is 0.768. The molecule has 2 fully saturated rings. The Hall–Kier alpha value is -1.24. The van der Waals surface area contributed by atoms with Crippen molar-refractivity contribution in [1.29, 1.82) is 0 Å². The van der Waals surface area contributed by atoms with Crippen LogP contribution in [-0.4, -0.2) is 97.2 Å². The van der Waals surface area contributed by atoms with Gasteiger partial charge in [0, 0.05) is 77.8 Å². The molecule has 2 aliphatic heterocycles. The van der Waals surface area contributed by atoms with E-state index in [9.17, 15) is 0 Å². The fourth-order valence-electron chi connectivity index (χ4n) is 2.98. The van der Waals surface area contributed by atoms with Gasteiger partial charge in [-0.2, -0.15) is 0 Å². The summed E-state index contributed by atoms with van der Waals surface area (Å²) in [6.45, 7) is 11.5. The van der Waals surface area contributed by atoms with Crippen molar-refractivity contribution in [2.45, 2.75) is 0 Å². The number of rotatable bonds is 4. The molecule has 0 saturated carbocycles. The number of nitrogens with zero attached hydrogens (tertiary/aromatic N) is 6. The van der Waals surface area contributed by atoms with Crippen LogP contribution in [0.15, 0.2) is 18.5 Å². The summed E-state index contributed by atoms with van der Waals surface area (Å²) >= 11 is 0. The van der Waals surface area contributed by atoms with Crippen molar-refractivity contribution in [3.05, 3.63) is 18.5 Å². The zero-order chi connectivity index (χ0) is 14.5. The normalized spacial score (nSPS) is 22.6. The summed E-state index contributed by atoms with van der Waals surface area (Å²) in [4.78, 5) is 18.5. The third-order valence-electron chi connectivity index (χ3n) is 4.54. The Labute approximate surface area is 127 Å². The highest BCUT2D eigenvalue weighted by Crippen LogP contribution is 2.09. The average Bonchev–Trinajstić information content (AvgIpc) is 2.56. The number of anilines is 1. The van der Waals surface area contributed by atoms with Gasteiger partial charge in [0.15, 0.2) is 0 Å². The van der Waals surface area contributed by atoms with Gasteiger partial charge >= 0.3 is 0 Å². The fraction of sp³-hybridized carbons (Fsp3) is 0.733. The smallest absolute Gasteiger partial charge is 0.225 e. The zero-order valence-electron chi connectivity index (χ0n) is 13.0. The van der Waals surface area contributed by atoms with Crippen LogP contribution >= 0.6 is 0 Å². The van der Waals surface area contributed by atoms with Gasteiger partial charge in [0.25, 0.3) is 0 Å². The Morgan fingerprint density at radius 2 is 1.33 bits per heavy atom. The summed E-state index contributed by atoms with van der Waals surface area (Å²) < 4.78 is 0. The monoisotopic (exact) mass is 290 g/mol. The molecule has 0 unspecified atom stereocenters. The van der Waals surface area contributed by atoms with E-state index in [2.05, 4.69) is 36.6 Å². The number of likely N-dealkylation sites (N-methyl/N-ethyl adjacent to an activating group) is 1. The van der Waals surface area contributed by atoms with E-state index in [1.807, 2.05) is 18.5 Å². The van der Waals surface area contributed by atoms with Gasteiger partial charge in [-0.1, -0.05) is 0 Å². The SMILES string of the molecule is CN1CCN(CCN2CCN(c3ncccn3)CC2)CC1. The van der Waals surface area contributed by atoms with E-state index >= 15 is 0 Å². The predicted molar refractivity (Wildman–Crippen MR) is 84.6 cm³/mol. The summed E-state index contributed by atoms with van der Waals surface area (Å²) in [5.74, 6) is 0.871. The van der Waals surface area contributed by atoms with Crippen molar-refractivity contribution in [2.75, 3.05) is 77.4 Å². The number of hydrogen-bond donors (Lipinski definition) is 0. The van der Waals surface area contributed by atoms with E-state index in [0.29, 0.717) is 0 Å². The first-order chi connectivity index (χ1) is 10.3. The lowest BCUT2D eigenvalue weighted by atomic mass is 10.3. The molecular weight excluding hydrogens is 264 g/mol. The van der Waals surface area contributed by atoms with Crippen molar-refractivity contribution >= 4 is 5.95 Å². The molecule has 0 aliphatic carbocycles. The van der Waals surface area contributed by atoms with Crippen molar-refractivity contribution < 1.29 is 0 Å². The molecule has 2 saturated heterocycles. The third-order valence-corrected chi connectivity index (χ3v) is 4.54. The molecule has 6 heteroatoms. The minimum atomic E-state index is 0.871. The fourth-order valence-corrected chi connectivity index (χ4v) is 2.98. The molecule has 1 aromatic heterocycles. The first-order valence-corrected chi connectivity index (χ1v) is 7.96. The molecule has 0 amide bonds. The Balaban J connectivity index is 1.38. The lowest BCUT2D eigenvalue weighted by Gasteiger charge is -2.37. The maximum atomic E-state index is 4.34.